The molecule has 0 aliphatic rings. The standard InChI is InChI=1S/C13H15N3O2S2/c1-9-15-12(20-16-9)19-8-13(14-2,11(17)18)10-6-4-3-5-7-10/h3-7,14H,8H2,1-2H3,(H,17,18). The number of carboxylic acid groups (broad SMARTS) is 1. The van der Waals surface area contributed by atoms with E-state index in [9.17, 15) is 9.90 Å². The molecule has 1 aromatic carbocycles. The first-order chi connectivity index (χ1) is 9.58. The number of aryl methyl sites for hydroxylation is 1. The Kier molecular flexibility index (Phi) is 4.74. The Morgan fingerprint density at radius 2 is 2.15 bits per heavy atom. The van der Waals surface area contributed by atoms with Crippen LogP contribution in [0.5, 0.6) is 0 Å². The molecule has 1 unspecified atom stereocenters. The Bertz CT molecular complexity index is 588. The second-order valence-corrected chi connectivity index (χ2v) is 6.20. The number of nitrogens with zero attached hydrogens (tertiary/aromatic N) is 2. The zero-order valence-corrected chi connectivity index (χ0v) is 12.8. The summed E-state index contributed by atoms with van der Waals surface area (Å²) >= 11 is 2.69. The third kappa shape index (κ3) is 3.00. The monoisotopic (exact) mass is 309 g/mol. The molecule has 2 aromatic rings. The number of rotatable bonds is 6. The van der Waals surface area contributed by atoms with E-state index < -0.39 is 11.5 Å². The van der Waals surface area contributed by atoms with Gasteiger partial charge in [-0.25, -0.2) is 9.78 Å². The Labute approximate surface area is 125 Å². The summed E-state index contributed by atoms with van der Waals surface area (Å²) in [7, 11) is 1.66. The van der Waals surface area contributed by atoms with E-state index in [1.54, 1.807) is 7.05 Å². The molecule has 0 spiro atoms. The molecule has 0 fully saturated rings. The van der Waals surface area contributed by atoms with Crippen LogP contribution in [-0.2, 0) is 10.3 Å². The molecular weight excluding hydrogens is 294 g/mol. The third-order valence-electron chi connectivity index (χ3n) is 2.98. The molecule has 0 aliphatic heterocycles. The van der Waals surface area contributed by atoms with Gasteiger partial charge in [-0.3, -0.25) is 0 Å². The van der Waals surface area contributed by atoms with Crippen molar-refractivity contribution < 1.29 is 9.90 Å². The molecule has 1 aromatic heterocycles. The molecule has 0 saturated heterocycles. The van der Waals surface area contributed by atoms with Crippen LogP contribution in [0.25, 0.3) is 0 Å². The third-order valence-corrected chi connectivity index (χ3v) is 5.08. The molecule has 0 amide bonds. The number of carbonyl (C=O) groups is 1. The fourth-order valence-electron chi connectivity index (χ4n) is 1.82. The van der Waals surface area contributed by atoms with E-state index in [1.807, 2.05) is 37.3 Å². The average molecular weight is 309 g/mol. The van der Waals surface area contributed by atoms with Crippen LogP contribution < -0.4 is 5.32 Å². The van der Waals surface area contributed by atoms with Crippen molar-refractivity contribution in [3.63, 3.8) is 0 Å². The molecule has 0 saturated carbocycles. The highest BCUT2D eigenvalue weighted by molar-refractivity contribution is 8.01. The first-order valence-corrected chi connectivity index (χ1v) is 7.75. The van der Waals surface area contributed by atoms with E-state index in [0.29, 0.717) is 11.6 Å². The number of hydrogen-bond donors (Lipinski definition) is 2. The van der Waals surface area contributed by atoms with Crippen LogP contribution in [0.3, 0.4) is 0 Å². The van der Waals surface area contributed by atoms with Crippen LogP contribution in [-0.4, -0.2) is 33.2 Å². The Hall–Kier alpha value is -1.44. The number of aromatic nitrogens is 2. The zero-order valence-electron chi connectivity index (χ0n) is 11.2. The summed E-state index contributed by atoms with van der Waals surface area (Å²) < 4.78 is 4.88. The summed E-state index contributed by atoms with van der Waals surface area (Å²) in [5.74, 6) is 0.153. The minimum Gasteiger partial charge on any atom is -0.480 e. The molecule has 0 bridgehead atoms. The predicted molar refractivity (Wildman–Crippen MR) is 80.2 cm³/mol. The lowest BCUT2D eigenvalue weighted by atomic mass is 9.92. The van der Waals surface area contributed by atoms with Crippen LogP contribution in [0.1, 0.15) is 11.4 Å². The SMILES string of the molecule is CNC(CSc1nc(C)ns1)(C(=O)O)c1ccccc1. The number of benzene rings is 1. The first-order valence-electron chi connectivity index (χ1n) is 5.99. The fourth-order valence-corrected chi connectivity index (χ4v) is 3.72. The lowest BCUT2D eigenvalue weighted by Gasteiger charge is -2.28. The van der Waals surface area contributed by atoms with Crippen LogP contribution in [0, 0.1) is 6.92 Å². The predicted octanol–water partition coefficient (Wildman–Crippen LogP) is 2.14. The van der Waals surface area contributed by atoms with Gasteiger partial charge in [-0.15, -0.1) is 0 Å². The van der Waals surface area contributed by atoms with Gasteiger partial charge in [0, 0.05) is 5.75 Å². The molecule has 1 heterocycles. The van der Waals surface area contributed by atoms with Gasteiger partial charge in [-0.2, -0.15) is 4.37 Å². The molecule has 0 aliphatic carbocycles. The molecule has 0 radical (unpaired) electrons. The number of hydrogen-bond acceptors (Lipinski definition) is 6. The second kappa shape index (κ2) is 6.34. The summed E-state index contributed by atoms with van der Waals surface area (Å²) in [6.45, 7) is 1.82. The zero-order chi connectivity index (χ0) is 14.6. The summed E-state index contributed by atoms with van der Waals surface area (Å²) in [6.07, 6.45) is 0. The first kappa shape index (κ1) is 15.0. The molecule has 1 atom stereocenters. The van der Waals surface area contributed by atoms with Crippen molar-refractivity contribution >= 4 is 29.3 Å². The van der Waals surface area contributed by atoms with Gasteiger partial charge in [-0.05, 0) is 31.1 Å². The Morgan fingerprint density at radius 3 is 2.65 bits per heavy atom. The summed E-state index contributed by atoms with van der Waals surface area (Å²) in [4.78, 5) is 16.0. The van der Waals surface area contributed by atoms with Crippen molar-refractivity contribution in [2.24, 2.45) is 0 Å². The summed E-state index contributed by atoms with van der Waals surface area (Å²) in [5, 5.41) is 12.6. The van der Waals surface area contributed by atoms with Crippen molar-refractivity contribution in [2.75, 3.05) is 12.8 Å². The highest BCUT2D eigenvalue weighted by Gasteiger charge is 2.39. The summed E-state index contributed by atoms with van der Waals surface area (Å²) in [6, 6.07) is 9.17. The van der Waals surface area contributed by atoms with E-state index in [-0.39, 0.29) is 0 Å². The van der Waals surface area contributed by atoms with Gasteiger partial charge in [0.05, 0.1) is 0 Å². The second-order valence-electron chi connectivity index (χ2n) is 4.22. The normalized spacial score (nSPS) is 13.9. The number of aliphatic carboxylic acids is 1. The minimum atomic E-state index is -1.13. The quantitative estimate of drug-likeness (QED) is 0.796. The van der Waals surface area contributed by atoms with E-state index in [1.165, 1.54) is 23.3 Å². The summed E-state index contributed by atoms with van der Waals surface area (Å²) in [5.41, 5.74) is -0.408. The molecule has 2 rings (SSSR count). The van der Waals surface area contributed by atoms with Crippen molar-refractivity contribution in [3.05, 3.63) is 41.7 Å². The van der Waals surface area contributed by atoms with Gasteiger partial charge < -0.3 is 10.4 Å². The number of likely N-dealkylation sites (N-methyl/N-ethyl adjacent to an activating group) is 1. The maximum atomic E-state index is 11.8. The van der Waals surface area contributed by atoms with Gasteiger partial charge in [0.1, 0.15) is 5.82 Å². The van der Waals surface area contributed by atoms with Crippen LogP contribution >= 0.6 is 23.3 Å². The van der Waals surface area contributed by atoms with Crippen LogP contribution in [0.4, 0.5) is 0 Å². The number of nitrogens with one attached hydrogen (secondary N) is 1. The van der Waals surface area contributed by atoms with E-state index in [4.69, 9.17) is 0 Å². The molecule has 5 nitrogen and oxygen atoms in total. The van der Waals surface area contributed by atoms with Gasteiger partial charge in [0.2, 0.25) is 0 Å². The molecular formula is C13H15N3O2S2. The van der Waals surface area contributed by atoms with Crippen molar-refractivity contribution in [1.82, 2.24) is 14.7 Å². The molecule has 2 N–H and O–H groups in total. The number of carboxylic acids is 1. The number of thioether (sulfide) groups is 1. The van der Waals surface area contributed by atoms with Crippen molar-refractivity contribution in [1.29, 1.82) is 0 Å². The van der Waals surface area contributed by atoms with Crippen LogP contribution in [0.2, 0.25) is 0 Å². The molecule has 20 heavy (non-hydrogen) atoms. The van der Waals surface area contributed by atoms with E-state index >= 15 is 0 Å². The Morgan fingerprint density at radius 1 is 1.45 bits per heavy atom. The van der Waals surface area contributed by atoms with Crippen molar-refractivity contribution in [2.45, 2.75) is 16.8 Å². The average Bonchev–Trinajstić information content (AvgIpc) is 2.87. The van der Waals surface area contributed by atoms with Crippen LogP contribution in [0.15, 0.2) is 34.7 Å². The molecule has 7 heteroatoms. The topological polar surface area (TPSA) is 75.1 Å². The minimum absolute atomic E-state index is 0.345. The maximum absolute atomic E-state index is 11.8. The largest absolute Gasteiger partial charge is 0.480 e. The van der Waals surface area contributed by atoms with E-state index in [2.05, 4.69) is 14.7 Å². The molecule has 106 valence electrons. The smallest absolute Gasteiger partial charge is 0.329 e. The van der Waals surface area contributed by atoms with Crippen molar-refractivity contribution in [3.8, 4) is 0 Å². The van der Waals surface area contributed by atoms with Gasteiger partial charge in [0.25, 0.3) is 0 Å². The highest BCUT2D eigenvalue weighted by Crippen LogP contribution is 2.30. The maximum Gasteiger partial charge on any atom is 0.329 e. The highest BCUT2D eigenvalue weighted by atomic mass is 32.2. The van der Waals surface area contributed by atoms with Gasteiger partial charge in [0.15, 0.2) is 9.88 Å². The lowest BCUT2D eigenvalue weighted by Crippen LogP contribution is -2.49. The van der Waals surface area contributed by atoms with E-state index in [0.717, 1.165) is 9.90 Å². The van der Waals surface area contributed by atoms with Gasteiger partial charge >= 0.3 is 5.97 Å². The fraction of sp³-hybridized carbons (Fsp3) is 0.308. The lowest BCUT2D eigenvalue weighted by molar-refractivity contribution is -0.144. The Balaban J connectivity index is 2.26. The van der Waals surface area contributed by atoms with Gasteiger partial charge in [-0.1, -0.05) is 42.1 Å².